The van der Waals surface area contributed by atoms with Crippen LogP contribution in [0.25, 0.3) is 11.3 Å². The van der Waals surface area contributed by atoms with E-state index in [1.807, 2.05) is 0 Å². The molecule has 7 N–H and O–H groups in total. The number of carbonyl (C=O) groups is 3. The maximum atomic E-state index is 13.8. The van der Waals surface area contributed by atoms with Gasteiger partial charge in [-0.2, -0.15) is 8.42 Å². The summed E-state index contributed by atoms with van der Waals surface area (Å²) in [6.45, 7) is 3.85. The number of aliphatic hydroxyl groups is 4. The van der Waals surface area contributed by atoms with Gasteiger partial charge < -0.3 is 30.3 Å². The molecule has 14 heteroatoms. The lowest BCUT2D eigenvalue weighted by molar-refractivity contribution is -0.166. The number of primary amides is 1. The number of likely N-dealkylation sites (N-methyl/N-ethyl adjacent to an activating group) is 1. The molecular formula is C22H22N2O11S. The second-order valence-electron chi connectivity index (χ2n) is 8.93. The third-order valence-electron chi connectivity index (χ3n) is 6.78. The molecule has 3 aliphatic carbocycles. The first-order valence-corrected chi connectivity index (χ1v) is 11.7. The fourth-order valence-corrected chi connectivity index (χ4v) is 5.74. The van der Waals surface area contributed by atoms with E-state index in [-0.39, 0.29) is 11.1 Å². The largest absolute Gasteiger partial charge is 0.508 e. The van der Waals surface area contributed by atoms with Crippen molar-refractivity contribution in [3.8, 4) is 5.75 Å². The van der Waals surface area contributed by atoms with Crippen LogP contribution in [0.2, 0.25) is 0 Å². The molecule has 4 rings (SSSR count). The van der Waals surface area contributed by atoms with E-state index in [4.69, 9.17) is 10.3 Å². The summed E-state index contributed by atoms with van der Waals surface area (Å²) in [5, 5.41) is 44.9. The number of rotatable bonds is 4. The Labute approximate surface area is 204 Å². The minimum Gasteiger partial charge on any atom is -0.508 e. The van der Waals surface area contributed by atoms with E-state index >= 15 is 0 Å². The van der Waals surface area contributed by atoms with E-state index < -0.39 is 91.4 Å². The summed E-state index contributed by atoms with van der Waals surface area (Å²) in [5.41, 5.74) is 0.0532. The van der Waals surface area contributed by atoms with Crippen LogP contribution in [0.1, 0.15) is 11.1 Å². The quantitative estimate of drug-likeness (QED) is 0.204. The van der Waals surface area contributed by atoms with Gasteiger partial charge in [0.2, 0.25) is 5.78 Å². The number of nitrogens with two attached hydrogens (primary N) is 1. The molecule has 0 saturated heterocycles. The molecule has 0 aliphatic heterocycles. The van der Waals surface area contributed by atoms with Crippen LogP contribution in [0.4, 0.5) is 0 Å². The van der Waals surface area contributed by atoms with Gasteiger partial charge in [-0.15, -0.1) is 0 Å². The van der Waals surface area contributed by atoms with Crippen LogP contribution in [0, 0.1) is 11.8 Å². The van der Waals surface area contributed by atoms with Gasteiger partial charge in [0.1, 0.15) is 17.1 Å². The zero-order valence-electron chi connectivity index (χ0n) is 18.9. The second-order valence-corrected chi connectivity index (χ2v) is 9.95. The third kappa shape index (κ3) is 3.30. The Balaban J connectivity index is 2.06. The Morgan fingerprint density at radius 3 is 2.36 bits per heavy atom. The molecule has 0 heterocycles. The van der Waals surface area contributed by atoms with Crippen LogP contribution in [0.5, 0.6) is 5.75 Å². The second kappa shape index (κ2) is 7.97. The van der Waals surface area contributed by atoms with E-state index in [2.05, 4.69) is 10.8 Å². The number of carbonyl (C=O) groups excluding carboxylic acids is 3. The smallest absolute Gasteiger partial charge is 0.446 e. The maximum Gasteiger partial charge on any atom is 0.446 e. The van der Waals surface area contributed by atoms with Crippen molar-refractivity contribution in [2.45, 2.75) is 17.7 Å². The molecule has 0 radical (unpaired) electrons. The summed E-state index contributed by atoms with van der Waals surface area (Å²) in [5.74, 6) is -9.92. The molecular weight excluding hydrogens is 500 g/mol. The van der Waals surface area contributed by atoms with Crippen LogP contribution >= 0.6 is 0 Å². The van der Waals surface area contributed by atoms with Gasteiger partial charge in [0.15, 0.2) is 17.1 Å². The number of benzene rings is 1. The first kappa shape index (κ1) is 25.5. The molecule has 0 spiro atoms. The minimum atomic E-state index is -5.07. The number of nitrogens with zero attached hydrogens (tertiary/aromatic N) is 1. The lowest BCUT2D eigenvalue weighted by Crippen LogP contribution is -2.70. The Hall–Kier alpha value is -3.56. The molecule has 36 heavy (non-hydrogen) atoms. The lowest BCUT2D eigenvalue weighted by atomic mass is 9.55. The molecule has 1 fully saturated rings. The molecule has 1 saturated carbocycles. The average Bonchev–Trinajstić information content (AvgIpc) is 2.75. The number of ketones is 2. The van der Waals surface area contributed by atoms with E-state index in [1.54, 1.807) is 0 Å². The average molecular weight is 522 g/mol. The highest BCUT2D eigenvalue weighted by Gasteiger charge is 2.68. The Morgan fingerprint density at radius 2 is 1.83 bits per heavy atom. The van der Waals surface area contributed by atoms with Crippen LogP contribution in [0.3, 0.4) is 0 Å². The number of hydrogen-bond donors (Lipinski definition) is 6. The molecule has 1 aromatic rings. The molecule has 13 nitrogen and oxygen atoms in total. The van der Waals surface area contributed by atoms with Gasteiger partial charge in [-0.25, -0.2) is 0 Å². The molecule has 1 amide bonds. The summed E-state index contributed by atoms with van der Waals surface area (Å²) >= 11 is 0. The van der Waals surface area contributed by atoms with Crippen molar-refractivity contribution < 1.29 is 52.0 Å². The topological polar surface area (TPSA) is 225 Å². The number of hydrogen-bond acceptors (Lipinski definition) is 11. The molecule has 0 bridgehead atoms. The Kier molecular flexibility index (Phi) is 5.66. The van der Waals surface area contributed by atoms with Gasteiger partial charge in [0.25, 0.3) is 5.91 Å². The molecule has 5 atom stereocenters. The van der Waals surface area contributed by atoms with Crippen molar-refractivity contribution in [3.05, 3.63) is 52.8 Å². The summed E-state index contributed by atoms with van der Waals surface area (Å²) in [6, 6.07) is 2.23. The normalized spacial score (nSPS) is 30.2. The summed E-state index contributed by atoms with van der Waals surface area (Å²) in [7, 11) is -2.31. The third-order valence-corrected chi connectivity index (χ3v) is 7.17. The standard InChI is InChI=1S/C22H22N2O11S/c1-7-8-5-4-6-9(35-36(32,33)34)11(8)16(25)12-10(7)17(26)14-15(24(2)3)18(27)13(21(23)30)20(29)22(14,31)19(12)28/h4-6,10,14-15,17,25-26,29,31H,1H2,2-3H3,(H2,23,30)(H,32,33,34)/t10-,14-,15+,17+,22+/m1/s1. The monoisotopic (exact) mass is 522 g/mol. The number of aliphatic hydroxyl groups excluding tert-OH is 3. The lowest BCUT2D eigenvalue weighted by Gasteiger charge is -2.52. The van der Waals surface area contributed by atoms with E-state index in [0.29, 0.717) is 0 Å². The summed E-state index contributed by atoms with van der Waals surface area (Å²) in [4.78, 5) is 40.1. The predicted molar refractivity (Wildman–Crippen MR) is 121 cm³/mol. The van der Waals surface area contributed by atoms with Crippen molar-refractivity contribution >= 4 is 39.2 Å². The summed E-state index contributed by atoms with van der Waals surface area (Å²) in [6.07, 6.45) is -1.83. The molecule has 0 unspecified atom stereocenters. The minimum absolute atomic E-state index is 0.0180. The summed E-state index contributed by atoms with van der Waals surface area (Å²) < 4.78 is 36.3. The van der Waals surface area contributed by atoms with Crippen molar-refractivity contribution in [2.75, 3.05) is 14.1 Å². The highest BCUT2D eigenvalue weighted by Crippen LogP contribution is 2.55. The van der Waals surface area contributed by atoms with Gasteiger partial charge in [-0.05, 0) is 31.3 Å². The van der Waals surface area contributed by atoms with E-state index in [0.717, 1.165) is 6.07 Å². The Bertz CT molecular complexity index is 1430. The molecule has 3 aliphatic rings. The zero-order valence-corrected chi connectivity index (χ0v) is 19.7. The van der Waals surface area contributed by atoms with Crippen molar-refractivity contribution in [3.63, 3.8) is 0 Å². The predicted octanol–water partition coefficient (Wildman–Crippen LogP) is -1.12. The van der Waals surface area contributed by atoms with E-state index in [1.165, 1.54) is 31.1 Å². The fourth-order valence-electron chi connectivity index (χ4n) is 5.38. The van der Waals surface area contributed by atoms with Crippen molar-refractivity contribution in [2.24, 2.45) is 17.6 Å². The van der Waals surface area contributed by atoms with Gasteiger partial charge in [0, 0.05) is 5.92 Å². The first-order valence-electron chi connectivity index (χ1n) is 10.4. The van der Waals surface area contributed by atoms with Crippen LogP contribution in [0.15, 0.2) is 41.7 Å². The molecule has 1 aromatic carbocycles. The zero-order chi connectivity index (χ0) is 27.1. The number of amides is 1. The first-order chi connectivity index (χ1) is 16.6. The van der Waals surface area contributed by atoms with Gasteiger partial charge >= 0.3 is 10.4 Å². The highest BCUT2D eigenvalue weighted by atomic mass is 32.3. The Morgan fingerprint density at radius 1 is 1.22 bits per heavy atom. The maximum absolute atomic E-state index is 13.8. The van der Waals surface area contributed by atoms with Crippen LogP contribution in [-0.2, 0) is 24.8 Å². The number of fused-ring (bicyclic) bond motifs is 3. The molecule has 192 valence electrons. The van der Waals surface area contributed by atoms with E-state index in [9.17, 15) is 43.2 Å². The number of Topliss-reactive ketones (excluding diaryl/α,β-unsaturated/α-hetero) is 2. The van der Waals surface area contributed by atoms with Gasteiger partial charge in [-0.3, -0.25) is 23.8 Å². The fraction of sp³-hybridized carbons (Fsp3) is 0.318. The van der Waals surface area contributed by atoms with Crippen LogP contribution < -0.4 is 9.92 Å². The van der Waals surface area contributed by atoms with Gasteiger partial charge in [-0.1, -0.05) is 18.7 Å². The van der Waals surface area contributed by atoms with Crippen molar-refractivity contribution in [1.82, 2.24) is 4.90 Å². The van der Waals surface area contributed by atoms with Crippen LogP contribution in [-0.4, -0.2) is 87.6 Å². The highest BCUT2D eigenvalue weighted by molar-refractivity contribution is 7.81. The SMILES string of the molecule is C=C1c2cccc(OS(=O)(=O)O)c2C(O)=C2C(=O)[C@]3(O)C(O)=C(C(N)=O)C(=O)[C@@H](N(C)C)[C@@H]3[C@@H](O)[C@H]12. The molecule has 0 aromatic heterocycles. The van der Waals surface area contributed by atoms with Gasteiger partial charge in [0.05, 0.1) is 29.2 Å². The van der Waals surface area contributed by atoms with Crippen molar-refractivity contribution in [1.29, 1.82) is 0 Å².